The predicted molar refractivity (Wildman–Crippen MR) is 221 cm³/mol. The van der Waals surface area contributed by atoms with E-state index < -0.39 is 0 Å². The van der Waals surface area contributed by atoms with Gasteiger partial charge in [-0.1, -0.05) is 134 Å². The van der Waals surface area contributed by atoms with Crippen molar-refractivity contribution in [1.29, 1.82) is 0 Å². The molecule has 0 bridgehead atoms. The van der Waals surface area contributed by atoms with Crippen molar-refractivity contribution in [3.63, 3.8) is 0 Å². The van der Waals surface area contributed by atoms with Gasteiger partial charge in [-0.2, -0.15) is 0 Å². The number of allylic oxidation sites excluding steroid dienone is 17. The van der Waals surface area contributed by atoms with Crippen LogP contribution in [0.4, 0.5) is 5.69 Å². The van der Waals surface area contributed by atoms with E-state index in [2.05, 4.69) is 160 Å². The Morgan fingerprint density at radius 2 is 1.45 bits per heavy atom. The average molecular weight is 690 g/mol. The quantitative estimate of drug-likeness (QED) is 0.264. The molecule has 5 atom stereocenters. The highest BCUT2D eigenvalue weighted by atomic mass is 15.3. The summed E-state index contributed by atoms with van der Waals surface area (Å²) in [4.78, 5) is 5.70. The fraction of sp³-hybridized carbons (Fsp3) is 0.280. The minimum absolute atomic E-state index is 0.255. The highest BCUT2D eigenvalue weighted by Gasteiger charge is 2.54. The van der Waals surface area contributed by atoms with Gasteiger partial charge < -0.3 is 14.4 Å². The molecule has 11 rings (SSSR count). The monoisotopic (exact) mass is 689 g/mol. The molecule has 53 heavy (non-hydrogen) atoms. The summed E-state index contributed by atoms with van der Waals surface area (Å²) in [6.45, 7) is 0. The number of aromatic nitrogens is 1. The lowest BCUT2D eigenvalue weighted by Crippen LogP contribution is -2.43. The summed E-state index contributed by atoms with van der Waals surface area (Å²) >= 11 is 0. The van der Waals surface area contributed by atoms with Crippen molar-refractivity contribution in [2.24, 2.45) is 0 Å². The lowest BCUT2D eigenvalue weighted by molar-refractivity contribution is 0.223. The Labute approximate surface area is 314 Å². The van der Waals surface area contributed by atoms with Crippen molar-refractivity contribution in [2.45, 2.75) is 88.0 Å². The Kier molecular flexibility index (Phi) is 7.49. The van der Waals surface area contributed by atoms with Gasteiger partial charge in [-0.05, 0) is 92.2 Å². The van der Waals surface area contributed by atoms with Crippen LogP contribution in [0.1, 0.15) is 80.3 Å². The maximum absolute atomic E-state index is 2.88. The van der Waals surface area contributed by atoms with Crippen molar-refractivity contribution in [1.82, 2.24) is 9.47 Å². The summed E-state index contributed by atoms with van der Waals surface area (Å²) < 4.78 is 2.80. The van der Waals surface area contributed by atoms with Crippen LogP contribution in [-0.4, -0.2) is 27.6 Å². The van der Waals surface area contributed by atoms with E-state index in [-0.39, 0.29) is 18.1 Å². The summed E-state index contributed by atoms with van der Waals surface area (Å²) in [5.41, 5.74) is 16.3. The number of rotatable bonds is 5. The van der Waals surface area contributed by atoms with Crippen LogP contribution in [0.3, 0.4) is 0 Å². The highest BCUT2D eigenvalue weighted by Crippen LogP contribution is 2.60. The van der Waals surface area contributed by atoms with E-state index in [0.717, 1.165) is 57.8 Å². The van der Waals surface area contributed by atoms with Crippen LogP contribution < -0.4 is 4.90 Å². The Morgan fingerprint density at radius 3 is 2.25 bits per heavy atom. The molecule has 3 heteroatoms. The van der Waals surface area contributed by atoms with Crippen molar-refractivity contribution in [2.75, 3.05) is 4.90 Å². The van der Waals surface area contributed by atoms with E-state index in [0.29, 0.717) is 12.1 Å². The molecule has 2 aromatic carbocycles. The third-order valence-electron chi connectivity index (χ3n) is 13.1. The second-order valence-electron chi connectivity index (χ2n) is 15.9. The minimum atomic E-state index is 0.255. The molecule has 2 aliphatic heterocycles. The number of benzene rings is 2. The molecule has 0 saturated carbocycles. The summed E-state index contributed by atoms with van der Waals surface area (Å²) in [6, 6.07) is 20.2. The predicted octanol–water partition coefficient (Wildman–Crippen LogP) is 11.7. The number of hydrogen-bond donors (Lipinski definition) is 0. The molecule has 0 spiro atoms. The van der Waals surface area contributed by atoms with Crippen molar-refractivity contribution in [3.8, 4) is 0 Å². The standard InChI is InChI=1S/C50H47N3/c1-5-17-34(18-6-1)36-31-37(35-19-7-2-8-20-35)33-40(32-36)51-43-27-15-13-25-41(43)47-45(51)29-30-46-48(47)50-49(53(46)39-23-11-4-12-24-39)42-26-14-16-28-44(42)52(50)38-21-9-3-10-22-38/h1,3-5,7,9-17,19-21,23,25-28,31,33,38-40,49-50H,2,6,8,18,22,24,29-30,32H2. The first-order chi connectivity index (χ1) is 26.3. The Morgan fingerprint density at radius 1 is 0.623 bits per heavy atom. The lowest BCUT2D eigenvalue weighted by atomic mass is 9.83. The van der Waals surface area contributed by atoms with Crippen LogP contribution >= 0.6 is 0 Å². The van der Waals surface area contributed by atoms with Crippen molar-refractivity contribution < 1.29 is 0 Å². The molecule has 5 unspecified atom stereocenters. The Hall–Kier alpha value is -5.28. The zero-order chi connectivity index (χ0) is 34.9. The molecule has 6 aliphatic carbocycles. The molecule has 0 amide bonds. The maximum atomic E-state index is 2.88. The topological polar surface area (TPSA) is 11.4 Å². The third-order valence-corrected chi connectivity index (χ3v) is 13.1. The maximum Gasteiger partial charge on any atom is 0.0818 e. The van der Waals surface area contributed by atoms with Crippen LogP contribution in [0.25, 0.3) is 16.5 Å². The van der Waals surface area contributed by atoms with E-state index in [1.54, 1.807) is 11.3 Å². The number of fused-ring (bicyclic) bond motifs is 8. The van der Waals surface area contributed by atoms with Gasteiger partial charge in [-0.3, -0.25) is 0 Å². The Bertz CT molecular complexity index is 2370. The molecule has 8 aliphatic rings. The zero-order valence-electron chi connectivity index (χ0n) is 30.4. The van der Waals surface area contributed by atoms with E-state index in [1.165, 1.54) is 55.7 Å². The zero-order valence-corrected chi connectivity index (χ0v) is 30.4. The molecule has 0 saturated heterocycles. The van der Waals surface area contributed by atoms with Gasteiger partial charge in [-0.15, -0.1) is 0 Å². The van der Waals surface area contributed by atoms with Gasteiger partial charge in [0.2, 0.25) is 0 Å². The molecule has 0 radical (unpaired) electrons. The van der Waals surface area contributed by atoms with Crippen LogP contribution in [0.5, 0.6) is 0 Å². The largest absolute Gasteiger partial charge is 0.358 e. The molecule has 3 nitrogen and oxygen atoms in total. The summed E-state index contributed by atoms with van der Waals surface area (Å²) in [5.74, 6) is 0. The van der Waals surface area contributed by atoms with Crippen LogP contribution in [-0.2, 0) is 6.42 Å². The van der Waals surface area contributed by atoms with Gasteiger partial charge >= 0.3 is 0 Å². The summed E-state index contributed by atoms with van der Waals surface area (Å²) in [7, 11) is 0. The van der Waals surface area contributed by atoms with E-state index in [4.69, 9.17) is 0 Å². The molecule has 262 valence electrons. The van der Waals surface area contributed by atoms with Gasteiger partial charge in [0.1, 0.15) is 0 Å². The third kappa shape index (κ3) is 4.93. The number of para-hydroxylation sites is 2. The van der Waals surface area contributed by atoms with Gasteiger partial charge in [-0.25, -0.2) is 0 Å². The number of nitrogens with zero attached hydrogens (tertiary/aromatic N) is 3. The highest BCUT2D eigenvalue weighted by molar-refractivity contribution is 6.00. The number of anilines is 1. The van der Waals surface area contributed by atoms with Gasteiger partial charge in [0.05, 0.1) is 30.2 Å². The minimum Gasteiger partial charge on any atom is -0.358 e. The first kappa shape index (κ1) is 31.3. The molecular weight excluding hydrogens is 643 g/mol. The molecule has 0 fully saturated rings. The second kappa shape index (κ2) is 12.7. The van der Waals surface area contributed by atoms with Gasteiger partial charge in [0, 0.05) is 44.7 Å². The van der Waals surface area contributed by atoms with E-state index in [1.807, 2.05) is 0 Å². The molecule has 1 aromatic heterocycles. The Balaban J connectivity index is 1.12. The molecule has 0 N–H and O–H groups in total. The smallest absolute Gasteiger partial charge is 0.0818 e. The summed E-state index contributed by atoms with van der Waals surface area (Å²) in [6.07, 6.45) is 47.7. The molecule has 3 heterocycles. The fourth-order valence-electron chi connectivity index (χ4n) is 10.9. The van der Waals surface area contributed by atoms with Crippen molar-refractivity contribution in [3.05, 3.63) is 191 Å². The second-order valence-corrected chi connectivity index (χ2v) is 15.9. The van der Waals surface area contributed by atoms with Crippen LogP contribution in [0.15, 0.2) is 174 Å². The SMILES string of the molecule is C1=CCCC(C2=CC(C3=CCCC=C3)=CC(n3c4c(c5ccccc53)C3=C(CC4)N(C4C=CC=CC4)C4c5ccccc5N(C5C=CC=CC5)C34)C2)=C1. The fourth-order valence-corrected chi connectivity index (χ4v) is 10.9. The van der Waals surface area contributed by atoms with Crippen molar-refractivity contribution >= 4 is 22.2 Å². The normalized spacial score (nSPS) is 28.1. The molecular formula is C50H47N3. The lowest BCUT2D eigenvalue weighted by Gasteiger charge is -2.37. The van der Waals surface area contributed by atoms with Crippen LogP contribution in [0.2, 0.25) is 0 Å². The molecule has 3 aromatic rings. The van der Waals surface area contributed by atoms with E-state index in [9.17, 15) is 0 Å². The van der Waals surface area contributed by atoms with E-state index >= 15 is 0 Å². The average Bonchev–Trinajstić information content (AvgIpc) is 3.87. The number of hydrogen-bond acceptors (Lipinski definition) is 2. The first-order valence-electron chi connectivity index (χ1n) is 20.2. The summed E-state index contributed by atoms with van der Waals surface area (Å²) in [5, 5.41) is 1.42. The first-order valence-corrected chi connectivity index (χ1v) is 20.2. The van der Waals surface area contributed by atoms with Crippen LogP contribution in [0, 0.1) is 0 Å². The van der Waals surface area contributed by atoms with Gasteiger partial charge in [0.25, 0.3) is 0 Å². The van der Waals surface area contributed by atoms with Gasteiger partial charge in [0.15, 0.2) is 0 Å².